The third-order valence-electron chi connectivity index (χ3n) is 3.23. The van der Waals surface area contributed by atoms with Crippen LogP contribution in [-0.2, 0) is 16.0 Å². The van der Waals surface area contributed by atoms with Crippen LogP contribution >= 0.6 is 0 Å². The zero-order valence-electron chi connectivity index (χ0n) is 14.9. The number of hydrogen-bond acceptors (Lipinski definition) is 5. The summed E-state index contributed by atoms with van der Waals surface area (Å²) in [7, 11) is 0. The highest BCUT2D eigenvalue weighted by Crippen LogP contribution is 2.26. The van der Waals surface area contributed by atoms with Crippen molar-refractivity contribution in [1.29, 1.82) is 0 Å². The first-order valence-corrected chi connectivity index (χ1v) is 8.01. The quantitative estimate of drug-likeness (QED) is 0.662. The van der Waals surface area contributed by atoms with E-state index in [0.29, 0.717) is 18.0 Å². The van der Waals surface area contributed by atoms with E-state index in [-0.39, 0.29) is 17.7 Å². The number of aromatic hydroxyl groups is 1. The van der Waals surface area contributed by atoms with E-state index in [9.17, 15) is 19.8 Å². The Balaban J connectivity index is 2.98. The third kappa shape index (κ3) is 6.20. The van der Waals surface area contributed by atoms with Crippen LogP contribution in [0.1, 0.15) is 50.5 Å². The molecule has 1 unspecified atom stereocenters. The second kappa shape index (κ2) is 8.15. The molecule has 134 valence electrons. The van der Waals surface area contributed by atoms with Crippen molar-refractivity contribution in [3.8, 4) is 5.75 Å². The molecule has 1 rings (SSSR count). The molecule has 1 aromatic rings. The van der Waals surface area contributed by atoms with E-state index in [1.807, 2.05) is 13.8 Å². The Morgan fingerprint density at radius 3 is 2.38 bits per heavy atom. The van der Waals surface area contributed by atoms with E-state index in [1.54, 1.807) is 32.9 Å². The van der Waals surface area contributed by atoms with E-state index in [2.05, 4.69) is 5.32 Å². The molecule has 1 atom stereocenters. The monoisotopic (exact) mass is 337 g/mol. The van der Waals surface area contributed by atoms with Crippen molar-refractivity contribution in [1.82, 2.24) is 5.32 Å². The summed E-state index contributed by atoms with van der Waals surface area (Å²) in [5.74, 6) is -1.57. The highest BCUT2D eigenvalue weighted by molar-refractivity contribution is 5.93. The van der Waals surface area contributed by atoms with E-state index in [1.165, 1.54) is 6.07 Å². The fraction of sp³-hybridized carbons (Fsp3) is 0.556. The minimum absolute atomic E-state index is 0.0374. The number of ether oxygens (including phenoxy) is 1. The number of carbonyl (C=O) groups excluding carboxylic acids is 1. The van der Waals surface area contributed by atoms with Gasteiger partial charge in [0.2, 0.25) is 0 Å². The van der Waals surface area contributed by atoms with Crippen LogP contribution in [0.4, 0.5) is 0 Å². The minimum atomic E-state index is -1.00. The Labute approximate surface area is 142 Å². The van der Waals surface area contributed by atoms with Crippen LogP contribution in [0.2, 0.25) is 0 Å². The second-order valence-electron chi connectivity index (χ2n) is 7.21. The number of esters is 1. The Kier molecular flexibility index (Phi) is 6.78. The first kappa shape index (κ1) is 20.0. The van der Waals surface area contributed by atoms with Crippen LogP contribution in [0.5, 0.6) is 5.75 Å². The molecule has 0 aliphatic rings. The van der Waals surface area contributed by atoms with E-state index < -0.39 is 23.6 Å². The topological polar surface area (TPSA) is 95.9 Å². The summed E-state index contributed by atoms with van der Waals surface area (Å²) in [5, 5.41) is 22.6. The largest absolute Gasteiger partial charge is 0.507 e. The Morgan fingerprint density at radius 2 is 1.88 bits per heavy atom. The lowest BCUT2D eigenvalue weighted by Gasteiger charge is -2.21. The van der Waals surface area contributed by atoms with E-state index in [4.69, 9.17) is 4.74 Å². The highest BCUT2D eigenvalue weighted by atomic mass is 16.6. The highest BCUT2D eigenvalue weighted by Gasteiger charge is 2.24. The summed E-state index contributed by atoms with van der Waals surface area (Å²) in [6.45, 7) is 9.72. The maximum atomic E-state index is 12.2. The number of nitrogens with one attached hydrogen (secondary N) is 1. The van der Waals surface area contributed by atoms with Crippen molar-refractivity contribution in [2.75, 3.05) is 6.54 Å². The summed E-state index contributed by atoms with van der Waals surface area (Å²) < 4.78 is 5.26. The van der Waals surface area contributed by atoms with Crippen LogP contribution in [0.3, 0.4) is 0 Å². The average molecular weight is 337 g/mol. The molecule has 0 bridgehead atoms. The summed E-state index contributed by atoms with van der Waals surface area (Å²) >= 11 is 0. The molecule has 0 radical (unpaired) electrons. The van der Waals surface area contributed by atoms with Gasteiger partial charge in [-0.05, 0) is 44.9 Å². The molecule has 24 heavy (non-hydrogen) atoms. The first-order chi connectivity index (χ1) is 11.0. The first-order valence-electron chi connectivity index (χ1n) is 8.01. The molecule has 1 aromatic carbocycles. The second-order valence-corrected chi connectivity index (χ2v) is 7.21. The maximum absolute atomic E-state index is 12.2. The predicted octanol–water partition coefficient (Wildman–Crippen LogP) is 2.59. The van der Waals surface area contributed by atoms with Crippen molar-refractivity contribution in [2.45, 2.75) is 52.7 Å². The molecule has 6 nitrogen and oxygen atoms in total. The lowest BCUT2D eigenvalue weighted by molar-refractivity contribution is -0.139. The van der Waals surface area contributed by atoms with Gasteiger partial charge in [-0.2, -0.15) is 0 Å². The van der Waals surface area contributed by atoms with Gasteiger partial charge in [0.15, 0.2) is 0 Å². The molecule has 0 aliphatic carbocycles. The molecule has 0 aromatic heterocycles. The molecular formula is C18H27NO5. The number of aliphatic carboxylic acids is 1. The van der Waals surface area contributed by atoms with Crippen molar-refractivity contribution < 1.29 is 24.5 Å². The Bertz CT molecular complexity index is 590. The molecule has 0 saturated heterocycles. The molecule has 0 fully saturated rings. The van der Waals surface area contributed by atoms with E-state index in [0.717, 1.165) is 0 Å². The number of carbonyl (C=O) groups is 2. The number of carboxylic acid groups (broad SMARTS) is 1. The van der Waals surface area contributed by atoms with Gasteiger partial charge in [-0.3, -0.25) is 4.79 Å². The van der Waals surface area contributed by atoms with Gasteiger partial charge >= 0.3 is 11.9 Å². The van der Waals surface area contributed by atoms with Gasteiger partial charge in [0.1, 0.15) is 23.0 Å². The smallest absolute Gasteiger partial charge is 0.342 e. The molecule has 3 N–H and O–H groups in total. The molecule has 0 aliphatic heterocycles. The number of phenolic OH excluding ortho intramolecular Hbond substituents is 1. The SMILES string of the molecule is CC(C)CNC(Cc1cccc(C(=O)OC(C)(C)C)c1O)C(=O)O. The van der Waals surface area contributed by atoms with Gasteiger partial charge in [-0.1, -0.05) is 26.0 Å². The lowest BCUT2D eigenvalue weighted by atomic mass is 10.0. The van der Waals surface area contributed by atoms with Crippen LogP contribution in [0.25, 0.3) is 0 Å². The number of benzene rings is 1. The standard InChI is InChI=1S/C18H27NO5/c1-11(2)10-19-14(16(21)22)9-12-7-6-8-13(15(12)20)17(23)24-18(3,4)5/h6-8,11,14,19-20H,9-10H2,1-5H3,(H,21,22). The van der Waals surface area contributed by atoms with Gasteiger partial charge < -0.3 is 20.3 Å². The molecule has 0 saturated carbocycles. The van der Waals surface area contributed by atoms with Crippen molar-refractivity contribution in [3.63, 3.8) is 0 Å². The Morgan fingerprint density at radius 1 is 1.25 bits per heavy atom. The fourth-order valence-electron chi connectivity index (χ4n) is 2.10. The lowest BCUT2D eigenvalue weighted by Crippen LogP contribution is -2.40. The van der Waals surface area contributed by atoms with Crippen molar-refractivity contribution in [3.05, 3.63) is 29.3 Å². The van der Waals surface area contributed by atoms with Gasteiger partial charge in [0, 0.05) is 6.42 Å². The summed E-state index contributed by atoms with van der Waals surface area (Å²) in [6, 6.07) is 3.84. The molecule has 0 amide bonds. The number of para-hydroxylation sites is 1. The number of rotatable bonds is 7. The number of hydrogen-bond donors (Lipinski definition) is 3. The van der Waals surface area contributed by atoms with Gasteiger partial charge in [0.05, 0.1) is 0 Å². The third-order valence-corrected chi connectivity index (χ3v) is 3.23. The molecular weight excluding hydrogens is 310 g/mol. The van der Waals surface area contributed by atoms with Crippen LogP contribution in [0.15, 0.2) is 18.2 Å². The zero-order valence-corrected chi connectivity index (χ0v) is 14.9. The number of carboxylic acids is 1. The summed E-state index contributed by atoms with van der Waals surface area (Å²) in [5.41, 5.74) is -0.250. The maximum Gasteiger partial charge on any atom is 0.342 e. The molecule has 6 heteroatoms. The van der Waals surface area contributed by atoms with Gasteiger partial charge in [0.25, 0.3) is 0 Å². The van der Waals surface area contributed by atoms with Crippen LogP contribution < -0.4 is 5.32 Å². The fourth-order valence-corrected chi connectivity index (χ4v) is 2.10. The van der Waals surface area contributed by atoms with Crippen LogP contribution in [0, 0.1) is 5.92 Å². The normalized spacial score (nSPS) is 12.9. The van der Waals surface area contributed by atoms with E-state index >= 15 is 0 Å². The summed E-state index contributed by atoms with van der Waals surface area (Å²) in [4.78, 5) is 23.6. The van der Waals surface area contributed by atoms with Crippen molar-refractivity contribution in [2.24, 2.45) is 5.92 Å². The predicted molar refractivity (Wildman–Crippen MR) is 91.2 cm³/mol. The molecule has 0 heterocycles. The van der Waals surface area contributed by atoms with Gasteiger partial charge in [-0.15, -0.1) is 0 Å². The zero-order chi connectivity index (χ0) is 18.5. The minimum Gasteiger partial charge on any atom is -0.507 e. The average Bonchev–Trinajstić information content (AvgIpc) is 2.42. The number of phenols is 1. The van der Waals surface area contributed by atoms with Gasteiger partial charge in [-0.25, -0.2) is 4.79 Å². The molecule has 0 spiro atoms. The Hall–Kier alpha value is -2.08. The summed E-state index contributed by atoms with van der Waals surface area (Å²) in [6.07, 6.45) is 0.0739. The van der Waals surface area contributed by atoms with Crippen molar-refractivity contribution >= 4 is 11.9 Å². The van der Waals surface area contributed by atoms with Crippen LogP contribution in [-0.4, -0.2) is 40.3 Å².